The first-order valence-electron chi connectivity index (χ1n) is 6.15. The minimum absolute atomic E-state index is 0.0560. The molecule has 1 aliphatic rings. The first kappa shape index (κ1) is 11.9. The number of likely N-dealkylation sites (tertiary alicyclic amines) is 1. The Morgan fingerprint density at radius 1 is 1.47 bits per heavy atom. The van der Waals surface area contributed by atoms with Crippen LogP contribution in [0.25, 0.3) is 0 Å². The van der Waals surface area contributed by atoms with Crippen molar-refractivity contribution < 1.29 is 4.79 Å². The molecule has 92 valence electrons. The molecule has 2 heterocycles. The molecule has 0 bridgehead atoms. The molecule has 17 heavy (non-hydrogen) atoms. The maximum atomic E-state index is 12.3. The van der Waals surface area contributed by atoms with Crippen LogP contribution < -0.4 is 5.56 Å². The molecule has 0 radical (unpaired) electrons. The van der Waals surface area contributed by atoms with E-state index in [-0.39, 0.29) is 17.5 Å². The van der Waals surface area contributed by atoms with E-state index in [1.807, 2.05) is 4.90 Å². The summed E-state index contributed by atoms with van der Waals surface area (Å²) in [6.07, 6.45) is 3.06. The van der Waals surface area contributed by atoms with Crippen LogP contribution in [0.15, 0.2) is 23.0 Å². The standard InChI is InChI=1S/C13H18N2O2/c1-3-10-8-7-9(2)15(10)13(17)11-5-4-6-12(16)14-11/h4-6,9-10H,3,7-8H2,1-2H3,(H,14,16). The third-order valence-corrected chi connectivity index (χ3v) is 3.49. The molecule has 0 spiro atoms. The first-order valence-corrected chi connectivity index (χ1v) is 6.15. The van der Waals surface area contributed by atoms with Crippen LogP contribution in [-0.2, 0) is 0 Å². The Labute approximate surface area is 101 Å². The van der Waals surface area contributed by atoms with Crippen LogP contribution in [0.5, 0.6) is 0 Å². The van der Waals surface area contributed by atoms with Gasteiger partial charge < -0.3 is 9.88 Å². The van der Waals surface area contributed by atoms with E-state index in [0.29, 0.717) is 11.7 Å². The smallest absolute Gasteiger partial charge is 0.270 e. The third-order valence-electron chi connectivity index (χ3n) is 3.49. The molecule has 1 aromatic heterocycles. The third kappa shape index (κ3) is 2.25. The molecule has 2 atom stereocenters. The number of pyridine rings is 1. The van der Waals surface area contributed by atoms with Crippen LogP contribution in [-0.4, -0.2) is 27.9 Å². The Bertz CT molecular complexity index is 466. The number of hydrogen-bond acceptors (Lipinski definition) is 2. The van der Waals surface area contributed by atoms with E-state index in [1.165, 1.54) is 6.07 Å². The lowest BCUT2D eigenvalue weighted by molar-refractivity contribution is 0.0670. The lowest BCUT2D eigenvalue weighted by Crippen LogP contribution is -2.40. The largest absolute Gasteiger partial charge is 0.332 e. The summed E-state index contributed by atoms with van der Waals surface area (Å²) in [5, 5.41) is 0. The summed E-state index contributed by atoms with van der Waals surface area (Å²) in [4.78, 5) is 28.1. The van der Waals surface area contributed by atoms with Crippen molar-refractivity contribution in [2.75, 3.05) is 0 Å². The topological polar surface area (TPSA) is 53.2 Å². The maximum absolute atomic E-state index is 12.3. The van der Waals surface area contributed by atoms with Crippen molar-refractivity contribution in [1.29, 1.82) is 0 Å². The zero-order chi connectivity index (χ0) is 12.4. The van der Waals surface area contributed by atoms with Crippen LogP contribution in [0.1, 0.15) is 43.6 Å². The number of aromatic amines is 1. The second-order valence-corrected chi connectivity index (χ2v) is 4.63. The van der Waals surface area contributed by atoms with Crippen molar-refractivity contribution in [3.63, 3.8) is 0 Å². The number of nitrogens with one attached hydrogen (secondary N) is 1. The molecule has 1 fully saturated rings. The number of nitrogens with zero attached hydrogens (tertiary/aromatic N) is 1. The van der Waals surface area contributed by atoms with Gasteiger partial charge in [-0.3, -0.25) is 9.59 Å². The van der Waals surface area contributed by atoms with Crippen molar-refractivity contribution in [2.45, 2.75) is 45.2 Å². The highest BCUT2D eigenvalue weighted by molar-refractivity contribution is 5.92. The molecule has 1 amide bonds. The lowest BCUT2D eigenvalue weighted by atomic mass is 10.1. The van der Waals surface area contributed by atoms with E-state index in [1.54, 1.807) is 12.1 Å². The van der Waals surface area contributed by atoms with Crippen molar-refractivity contribution in [3.05, 3.63) is 34.2 Å². The second-order valence-electron chi connectivity index (χ2n) is 4.63. The summed E-state index contributed by atoms with van der Waals surface area (Å²) < 4.78 is 0. The van der Waals surface area contributed by atoms with Crippen molar-refractivity contribution in [1.82, 2.24) is 9.88 Å². The molecule has 1 N–H and O–H groups in total. The predicted molar refractivity (Wildman–Crippen MR) is 66.0 cm³/mol. The maximum Gasteiger partial charge on any atom is 0.270 e. The van der Waals surface area contributed by atoms with Gasteiger partial charge in [0, 0.05) is 18.2 Å². The number of H-pyrrole nitrogens is 1. The van der Waals surface area contributed by atoms with Gasteiger partial charge in [-0.1, -0.05) is 13.0 Å². The normalized spacial score (nSPS) is 24.0. The Kier molecular flexibility index (Phi) is 3.31. The van der Waals surface area contributed by atoms with Crippen LogP contribution >= 0.6 is 0 Å². The van der Waals surface area contributed by atoms with Gasteiger partial charge in [0.1, 0.15) is 5.69 Å². The predicted octanol–water partition coefficient (Wildman–Crippen LogP) is 1.78. The number of aromatic nitrogens is 1. The van der Waals surface area contributed by atoms with Gasteiger partial charge in [-0.25, -0.2) is 0 Å². The van der Waals surface area contributed by atoms with Gasteiger partial charge in [0.25, 0.3) is 5.91 Å². The SMILES string of the molecule is CCC1CCC(C)N1C(=O)c1cccc(=O)[nH]1. The van der Waals surface area contributed by atoms with Gasteiger partial charge in [-0.05, 0) is 32.3 Å². The van der Waals surface area contributed by atoms with E-state index in [9.17, 15) is 9.59 Å². The van der Waals surface area contributed by atoms with Gasteiger partial charge in [0.15, 0.2) is 0 Å². The van der Waals surface area contributed by atoms with Crippen molar-refractivity contribution >= 4 is 5.91 Å². The highest BCUT2D eigenvalue weighted by atomic mass is 16.2. The van der Waals surface area contributed by atoms with Gasteiger partial charge in [0.2, 0.25) is 5.56 Å². The summed E-state index contributed by atoms with van der Waals surface area (Å²) >= 11 is 0. The second kappa shape index (κ2) is 4.73. The van der Waals surface area contributed by atoms with Crippen molar-refractivity contribution in [2.24, 2.45) is 0 Å². The Hall–Kier alpha value is -1.58. The van der Waals surface area contributed by atoms with Crippen LogP contribution in [0.2, 0.25) is 0 Å². The highest BCUT2D eigenvalue weighted by Gasteiger charge is 2.33. The van der Waals surface area contributed by atoms with Crippen LogP contribution in [0.3, 0.4) is 0 Å². The summed E-state index contributed by atoms with van der Waals surface area (Å²) in [5.41, 5.74) is 0.167. The van der Waals surface area contributed by atoms with E-state index in [2.05, 4.69) is 18.8 Å². The number of carbonyl (C=O) groups excluding carboxylic acids is 1. The van der Waals surface area contributed by atoms with Crippen molar-refractivity contribution in [3.8, 4) is 0 Å². The molecule has 4 nitrogen and oxygen atoms in total. The number of hydrogen-bond donors (Lipinski definition) is 1. The average Bonchev–Trinajstić information content (AvgIpc) is 2.69. The monoisotopic (exact) mass is 234 g/mol. The zero-order valence-corrected chi connectivity index (χ0v) is 10.3. The molecule has 1 aromatic rings. The Morgan fingerprint density at radius 3 is 2.88 bits per heavy atom. The molecule has 2 rings (SSSR count). The quantitative estimate of drug-likeness (QED) is 0.848. The highest BCUT2D eigenvalue weighted by Crippen LogP contribution is 2.27. The lowest BCUT2D eigenvalue weighted by Gasteiger charge is -2.27. The molecular formula is C13H18N2O2. The molecule has 1 saturated heterocycles. The summed E-state index contributed by atoms with van der Waals surface area (Å²) in [6.45, 7) is 4.16. The van der Waals surface area contributed by atoms with Gasteiger partial charge in [-0.15, -0.1) is 0 Å². The van der Waals surface area contributed by atoms with Crippen LogP contribution in [0, 0.1) is 0 Å². The van der Waals surface area contributed by atoms with E-state index in [4.69, 9.17) is 0 Å². The minimum atomic E-state index is -0.226. The van der Waals surface area contributed by atoms with Gasteiger partial charge in [-0.2, -0.15) is 0 Å². The molecule has 1 aliphatic heterocycles. The summed E-state index contributed by atoms with van der Waals surface area (Å²) in [7, 11) is 0. The van der Waals surface area contributed by atoms with E-state index < -0.39 is 0 Å². The molecular weight excluding hydrogens is 216 g/mol. The molecule has 0 aromatic carbocycles. The molecule has 0 aliphatic carbocycles. The molecule has 4 heteroatoms. The molecule has 2 unspecified atom stereocenters. The van der Waals surface area contributed by atoms with E-state index >= 15 is 0 Å². The van der Waals surface area contributed by atoms with Gasteiger partial charge >= 0.3 is 0 Å². The number of amides is 1. The Morgan fingerprint density at radius 2 is 2.24 bits per heavy atom. The fourth-order valence-corrected chi connectivity index (χ4v) is 2.55. The summed E-state index contributed by atoms with van der Waals surface area (Å²) in [6, 6.07) is 5.27. The minimum Gasteiger partial charge on any atom is -0.332 e. The fourth-order valence-electron chi connectivity index (χ4n) is 2.55. The molecule has 0 saturated carbocycles. The zero-order valence-electron chi connectivity index (χ0n) is 10.3. The van der Waals surface area contributed by atoms with E-state index in [0.717, 1.165) is 19.3 Å². The fraction of sp³-hybridized carbons (Fsp3) is 0.538. The van der Waals surface area contributed by atoms with Gasteiger partial charge in [0.05, 0.1) is 0 Å². The number of carbonyl (C=O) groups is 1. The number of rotatable bonds is 2. The summed E-state index contributed by atoms with van der Waals surface area (Å²) in [5.74, 6) is -0.0560. The average molecular weight is 234 g/mol. The first-order chi connectivity index (χ1) is 8.13. The van der Waals surface area contributed by atoms with Crippen LogP contribution in [0.4, 0.5) is 0 Å². The Balaban J connectivity index is 2.27.